The summed E-state index contributed by atoms with van der Waals surface area (Å²) in [7, 11) is 0. The van der Waals surface area contributed by atoms with E-state index in [0.29, 0.717) is 22.5 Å². The SMILES string of the molecule is N#Cc1cccc(C(=O)NC2=CNC(C3(C(=O)Nc4ccc(F)cc4)COC3)C=C2)c1. The Hall–Kier alpha value is -3.96. The van der Waals surface area contributed by atoms with Crippen molar-refractivity contribution in [3.63, 3.8) is 0 Å². The molecule has 0 aliphatic carbocycles. The Labute approximate surface area is 178 Å². The van der Waals surface area contributed by atoms with Gasteiger partial charge in [0.15, 0.2) is 0 Å². The molecular formula is C23H19FN4O3. The number of anilines is 1. The van der Waals surface area contributed by atoms with Gasteiger partial charge in [-0.25, -0.2) is 4.39 Å². The third kappa shape index (κ3) is 4.17. The van der Waals surface area contributed by atoms with Gasteiger partial charge in [0.25, 0.3) is 5.91 Å². The molecule has 2 amide bonds. The van der Waals surface area contributed by atoms with Crippen LogP contribution in [0.4, 0.5) is 10.1 Å². The molecule has 0 aromatic heterocycles. The number of nitrogens with zero attached hydrogens (tertiary/aromatic N) is 1. The normalized spacial score (nSPS) is 18.6. The van der Waals surface area contributed by atoms with Crippen LogP contribution in [0.25, 0.3) is 0 Å². The van der Waals surface area contributed by atoms with Crippen molar-refractivity contribution in [2.24, 2.45) is 5.41 Å². The van der Waals surface area contributed by atoms with Crippen LogP contribution in [0.15, 0.2) is 72.6 Å². The second-order valence-electron chi connectivity index (χ2n) is 7.36. The van der Waals surface area contributed by atoms with Crippen molar-refractivity contribution in [3.8, 4) is 6.07 Å². The van der Waals surface area contributed by atoms with Crippen molar-refractivity contribution in [2.75, 3.05) is 18.5 Å². The molecule has 2 aromatic rings. The number of allylic oxidation sites excluding steroid dienone is 1. The lowest BCUT2D eigenvalue weighted by Gasteiger charge is -2.45. The highest BCUT2D eigenvalue weighted by Crippen LogP contribution is 2.35. The maximum atomic E-state index is 13.1. The van der Waals surface area contributed by atoms with Gasteiger partial charge in [0.1, 0.15) is 11.2 Å². The van der Waals surface area contributed by atoms with Gasteiger partial charge in [-0.3, -0.25) is 9.59 Å². The summed E-state index contributed by atoms with van der Waals surface area (Å²) in [4.78, 5) is 25.4. The van der Waals surface area contributed by atoms with Crippen LogP contribution in [0.2, 0.25) is 0 Å². The fraction of sp³-hybridized carbons (Fsp3) is 0.174. The Morgan fingerprint density at radius 3 is 2.55 bits per heavy atom. The average Bonchev–Trinajstić information content (AvgIpc) is 2.76. The Bertz CT molecular complexity index is 1110. The Morgan fingerprint density at radius 2 is 1.94 bits per heavy atom. The summed E-state index contributed by atoms with van der Waals surface area (Å²) in [5, 5.41) is 17.7. The third-order valence-corrected chi connectivity index (χ3v) is 5.27. The predicted octanol–water partition coefficient (Wildman–Crippen LogP) is 2.45. The molecule has 1 saturated heterocycles. The van der Waals surface area contributed by atoms with Crippen molar-refractivity contribution >= 4 is 17.5 Å². The minimum atomic E-state index is -0.821. The molecule has 0 bridgehead atoms. The van der Waals surface area contributed by atoms with Crippen LogP contribution >= 0.6 is 0 Å². The molecule has 2 heterocycles. The number of rotatable bonds is 5. The number of ether oxygens (including phenoxy) is 1. The zero-order valence-electron chi connectivity index (χ0n) is 16.4. The van der Waals surface area contributed by atoms with Crippen LogP contribution in [0, 0.1) is 22.6 Å². The summed E-state index contributed by atoms with van der Waals surface area (Å²) < 4.78 is 18.4. The second-order valence-corrected chi connectivity index (χ2v) is 7.36. The minimum absolute atomic E-state index is 0.235. The van der Waals surface area contributed by atoms with E-state index in [1.807, 2.05) is 6.07 Å². The van der Waals surface area contributed by atoms with Gasteiger partial charge in [-0.15, -0.1) is 0 Å². The largest absolute Gasteiger partial charge is 0.382 e. The van der Waals surface area contributed by atoms with Crippen LogP contribution in [-0.2, 0) is 9.53 Å². The molecule has 1 unspecified atom stereocenters. The molecule has 0 saturated carbocycles. The first kappa shape index (κ1) is 20.3. The topological polar surface area (TPSA) is 103 Å². The van der Waals surface area contributed by atoms with Gasteiger partial charge in [-0.2, -0.15) is 5.26 Å². The molecule has 8 heteroatoms. The van der Waals surface area contributed by atoms with Gasteiger partial charge in [-0.05, 0) is 48.5 Å². The second kappa shape index (κ2) is 8.42. The number of amides is 2. The quantitative estimate of drug-likeness (QED) is 0.692. The highest BCUT2D eigenvalue weighted by Gasteiger charge is 2.51. The van der Waals surface area contributed by atoms with E-state index in [9.17, 15) is 14.0 Å². The van der Waals surface area contributed by atoms with Crippen LogP contribution in [0.1, 0.15) is 15.9 Å². The van der Waals surface area contributed by atoms with E-state index in [2.05, 4.69) is 16.0 Å². The lowest BCUT2D eigenvalue weighted by Crippen LogP contribution is -2.62. The van der Waals surface area contributed by atoms with Gasteiger partial charge in [0.05, 0.1) is 36.6 Å². The molecule has 156 valence electrons. The monoisotopic (exact) mass is 418 g/mol. The number of benzene rings is 2. The molecule has 1 fully saturated rings. The van der Waals surface area contributed by atoms with Gasteiger partial charge < -0.3 is 20.7 Å². The van der Waals surface area contributed by atoms with Crippen LogP contribution in [0.3, 0.4) is 0 Å². The highest BCUT2D eigenvalue weighted by atomic mass is 19.1. The first-order valence-corrected chi connectivity index (χ1v) is 9.61. The summed E-state index contributed by atoms with van der Waals surface area (Å²) in [6, 6.07) is 13.6. The number of carbonyl (C=O) groups excluding carboxylic acids is 2. The molecule has 1 atom stereocenters. The molecule has 7 nitrogen and oxygen atoms in total. The molecule has 3 N–H and O–H groups in total. The van der Waals surface area contributed by atoms with E-state index in [-0.39, 0.29) is 36.9 Å². The maximum absolute atomic E-state index is 13.1. The lowest BCUT2D eigenvalue weighted by molar-refractivity contribution is -0.159. The summed E-state index contributed by atoms with van der Waals surface area (Å²) in [5.41, 5.74) is 0.979. The first-order valence-electron chi connectivity index (χ1n) is 9.61. The van der Waals surface area contributed by atoms with Crippen LogP contribution in [-0.4, -0.2) is 31.1 Å². The number of nitriles is 1. The van der Waals surface area contributed by atoms with Gasteiger partial charge >= 0.3 is 0 Å². The van der Waals surface area contributed by atoms with Gasteiger partial charge in [0, 0.05) is 17.5 Å². The summed E-state index contributed by atoms with van der Waals surface area (Å²) in [6.07, 6.45) is 5.15. The Morgan fingerprint density at radius 1 is 1.16 bits per heavy atom. The first-order chi connectivity index (χ1) is 15.0. The third-order valence-electron chi connectivity index (χ3n) is 5.27. The number of nitrogens with one attached hydrogen (secondary N) is 3. The Balaban J connectivity index is 1.41. The van der Waals surface area contributed by atoms with Crippen molar-refractivity contribution in [2.45, 2.75) is 6.04 Å². The molecule has 2 aromatic carbocycles. The number of carbonyl (C=O) groups is 2. The van der Waals surface area contributed by atoms with Crippen molar-refractivity contribution in [3.05, 3.63) is 89.5 Å². The van der Waals surface area contributed by atoms with E-state index in [4.69, 9.17) is 10.00 Å². The van der Waals surface area contributed by atoms with Crippen LogP contribution < -0.4 is 16.0 Å². The van der Waals surface area contributed by atoms with E-state index >= 15 is 0 Å². The van der Waals surface area contributed by atoms with E-state index in [1.54, 1.807) is 36.6 Å². The minimum Gasteiger partial charge on any atom is -0.382 e. The number of dihydropyridines is 1. The standard InChI is InChI=1S/C23H19FN4O3/c24-17-4-6-18(7-5-17)28-22(30)23(13-31-14-23)20-9-8-19(12-26-20)27-21(29)16-3-1-2-15(10-16)11-25/h1-10,12,20,26H,13-14H2,(H,27,29)(H,28,30). The summed E-state index contributed by atoms with van der Waals surface area (Å²) >= 11 is 0. The molecular weight excluding hydrogens is 399 g/mol. The van der Waals surface area contributed by atoms with E-state index in [1.165, 1.54) is 30.3 Å². The maximum Gasteiger partial charge on any atom is 0.255 e. The average molecular weight is 418 g/mol. The van der Waals surface area contributed by atoms with Crippen molar-refractivity contribution in [1.29, 1.82) is 5.26 Å². The van der Waals surface area contributed by atoms with Crippen molar-refractivity contribution < 1.29 is 18.7 Å². The summed E-state index contributed by atoms with van der Waals surface area (Å²) in [5.74, 6) is -0.957. The smallest absolute Gasteiger partial charge is 0.255 e. The lowest BCUT2D eigenvalue weighted by atomic mass is 9.76. The molecule has 2 aliphatic heterocycles. The van der Waals surface area contributed by atoms with Gasteiger partial charge in [0.2, 0.25) is 5.91 Å². The molecule has 0 spiro atoms. The zero-order valence-corrected chi connectivity index (χ0v) is 16.4. The number of hydrogen-bond donors (Lipinski definition) is 3. The van der Waals surface area contributed by atoms with E-state index < -0.39 is 5.41 Å². The predicted molar refractivity (Wildman–Crippen MR) is 111 cm³/mol. The number of halogens is 1. The highest BCUT2D eigenvalue weighted by molar-refractivity contribution is 5.97. The molecule has 4 rings (SSSR count). The summed E-state index contributed by atoms with van der Waals surface area (Å²) in [6.45, 7) is 0.469. The fourth-order valence-electron chi connectivity index (χ4n) is 3.40. The molecule has 2 aliphatic rings. The van der Waals surface area contributed by atoms with Gasteiger partial charge in [-0.1, -0.05) is 12.1 Å². The molecule has 31 heavy (non-hydrogen) atoms. The fourth-order valence-corrected chi connectivity index (χ4v) is 3.40. The van der Waals surface area contributed by atoms with E-state index in [0.717, 1.165) is 0 Å². The van der Waals surface area contributed by atoms with Crippen molar-refractivity contribution in [1.82, 2.24) is 10.6 Å². The Kier molecular flexibility index (Phi) is 5.52. The number of hydrogen-bond acceptors (Lipinski definition) is 5. The molecule has 0 radical (unpaired) electrons. The van der Waals surface area contributed by atoms with Crippen LogP contribution in [0.5, 0.6) is 0 Å². The zero-order chi connectivity index (χ0) is 21.8.